The Kier molecular flexibility index (Phi) is 14.0. The Bertz CT molecular complexity index is 1730. The van der Waals surface area contributed by atoms with Crippen molar-refractivity contribution < 1.29 is 56.4 Å². The Morgan fingerprint density at radius 2 is 1.16 bits per heavy atom. The highest BCUT2D eigenvalue weighted by Crippen LogP contribution is 2.37. The number of anilines is 3. The number of carbonyl (C=O) groups excluding carboxylic acids is 4. The molecule has 0 fully saturated rings. The van der Waals surface area contributed by atoms with Gasteiger partial charge in [-0.25, -0.2) is 28.3 Å². The normalized spacial score (nSPS) is 10.1. The number of halogens is 3. The van der Waals surface area contributed by atoms with Crippen molar-refractivity contribution in [1.29, 1.82) is 0 Å². The van der Waals surface area contributed by atoms with E-state index in [4.69, 9.17) is 36.3 Å². The quantitative estimate of drug-likeness (QED) is 0.126. The van der Waals surface area contributed by atoms with E-state index in [9.17, 15) is 28.0 Å². The number of nitrogen functional groups attached to an aromatic ring is 1. The minimum Gasteiger partial charge on any atom is -0.466 e. The van der Waals surface area contributed by atoms with Crippen LogP contribution in [-0.2, 0) is 28.7 Å². The molecular weight excluding hydrogens is 688 g/mol. The second-order valence-electron chi connectivity index (χ2n) is 9.54. The number of rotatable bonds is 12. The van der Waals surface area contributed by atoms with Gasteiger partial charge in [0.2, 0.25) is 11.8 Å². The van der Waals surface area contributed by atoms with Crippen molar-refractivity contribution >= 4 is 52.4 Å². The fraction of sp³-hybridized carbons (Fsp3) is 0.188. The second-order valence-corrected chi connectivity index (χ2v) is 9.95. The molecule has 4 N–H and O–H groups in total. The number of aromatic nitrogens is 2. The van der Waals surface area contributed by atoms with Crippen LogP contribution in [0.5, 0.6) is 34.8 Å². The van der Waals surface area contributed by atoms with E-state index < -0.39 is 35.4 Å². The van der Waals surface area contributed by atoms with Crippen molar-refractivity contribution in [1.82, 2.24) is 9.97 Å². The minimum absolute atomic E-state index is 0.00868. The Labute approximate surface area is 288 Å². The zero-order valence-corrected chi connectivity index (χ0v) is 27.6. The first-order valence-electron chi connectivity index (χ1n) is 14.1. The van der Waals surface area contributed by atoms with Gasteiger partial charge in [-0.2, -0.15) is 0 Å². The number of nitrogens with one attached hydrogen (secondary N) is 2. The van der Waals surface area contributed by atoms with E-state index >= 15 is 0 Å². The lowest BCUT2D eigenvalue weighted by Crippen LogP contribution is -2.13. The first-order valence-corrected chi connectivity index (χ1v) is 14.5. The molecular formula is C32H30ClF2N5O10. The minimum atomic E-state index is -0.707. The summed E-state index contributed by atoms with van der Waals surface area (Å²) in [6.45, 7) is 1.77. The smallest absolute Gasteiger partial charge is 0.343 e. The molecule has 0 unspecified atom stereocenters. The zero-order chi connectivity index (χ0) is 36.8. The predicted octanol–water partition coefficient (Wildman–Crippen LogP) is 5.28. The maximum atomic E-state index is 13.8. The lowest BCUT2D eigenvalue weighted by atomic mass is 10.2. The topological polar surface area (TPSA) is 200 Å². The number of benzene rings is 2. The Morgan fingerprint density at radius 1 is 0.720 bits per heavy atom. The number of esters is 2. The fourth-order valence-electron chi connectivity index (χ4n) is 3.57. The van der Waals surface area contributed by atoms with Gasteiger partial charge < -0.3 is 44.8 Å². The average molecular weight is 718 g/mol. The fourth-order valence-corrected chi connectivity index (χ4v) is 3.76. The number of ether oxygens (including phenoxy) is 6. The molecule has 0 spiro atoms. The van der Waals surface area contributed by atoms with Crippen LogP contribution in [0, 0.1) is 11.6 Å². The summed E-state index contributed by atoms with van der Waals surface area (Å²) in [4.78, 5) is 52.5. The summed E-state index contributed by atoms with van der Waals surface area (Å²) in [5.74, 6) is -2.98. The van der Waals surface area contributed by atoms with Crippen LogP contribution in [0.4, 0.5) is 25.8 Å². The van der Waals surface area contributed by atoms with Crippen LogP contribution in [0.25, 0.3) is 0 Å². The molecule has 0 bridgehead atoms. The third-order valence-electron chi connectivity index (χ3n) is 5.76. The molecule has 0 aliphatic carbocycles. The van der Waals surface area contributed by atoms with Gasteiger partial charge in [-0.05, 0) is 30.3 Å². The van der Waals surface area contributed by atoms with Crippen LogP contribution < -0.4 is 35.3 Å². The van der Waals surface area contributed by atoms with E-state index in [1.807, 2.05) is 0 Å². The number of hydrogen-bond acceptors (Lipinski definition) is 13. The molecule has 0 atom stereocenters. The zero-order valence-electron chi connectivity index (χ0n) is 26.9. The maximum Gasteiger partial charge on any atom is 0.343 e. The molecule has 0 saturated carbocycles. The second kappa shape index (κ2) is 18.3. The van der Waals surface area contributed by atoms with Crippen LogP contribution in [-0.4, -0.2) is 61.2 Å². The highest BCUT2D eigenvalue weighted by molar-refractivity contribution is 6.32. The van der Waals surface area contributed by atoms with Gasteiger partial charge in [0.25, 0.3) is 11.8 Å². The molecule has 15 nitrogen and oxygen atoms in total. The van der Waals surface area contributed by atoms with E-state index in [-0.39, 0.29) is 70.1 Å². The highest BCUT2D eigenvalue weighted by Gasteiger charge is 2.17. The summed E-state index contributed by atoms with van der Waals surface area (Å²) in [6, 6.07) is 10.7. The molecule has 2 amide bonds. The molecule has 4 aromatic rings. The van der Waals surface area contributed by atoms with Crippen LogP contribution in [0.3, 0.4) is 0 Å². The van der Waals surface area contributed by atoms with Gasteiger partial charge in [-0.3, -0.25) is 9.59 Å². The number of pyridine rings is 2. The number of amides is 2. The number of nitrogens with zero attached hydrogens (tertiary/aromatic N) is 2. The Balaban J connectivity index is 0.000000270. The summed E-state index contributed by atoms with van der Waals surface area (Å²) in [6.07, 6.45) is 2.88. The molecule has 264 valence electrons. The molecule has 2 aromatic carbocycles. The van der Waals surface area contributed by atoms with Gasteiger partial charge >= 0.3 is 11.9 Å². The van der Waals surface area contributed by atoms with E-state index in [0.717, 1.165) is 12.1 Å². The molecule has 0 saturated heterocycles. The van der Waals surface area contributed by atoms with E-state index in [2.05, 4.69) is 30.1 Å². The van der Waals surface area contributed by atoms with Crippen molar-refractivity contribution in [3.63, 3.8) is 0 Å². The van der Waals surface area contributed by atoms with E-state index in [1.165, 1.54) is 64.7 Å². The van der Waals surface area contributed by atoms with Crippen LogP contribution in [0.2, 0.25) is 5.02 Å². The molecule has 2 heterocycles. The summed E-state index contributed by atoms with van der Waals surface area (Å²) >= 11 is 5.98. The van der Waals surface area contributed by atoms with Crippen molar-refractivity contribution in [3.05, 3.63) is 77.6 Å². The van der Waals surface area contributed by atoms with Gasteiger partial charge in [0.1, 0.15) is 17.4 Å². The molecule has 2 aromatic heterocycles. The van der Waals surface area contributed by atoms with Gasteiger partial charge in [-0.1, -0.05) is 11.6 Å². The predicted molar refractivity (Wildman–Crippen MR) is 174 cm³/mol. The Morgan fingerprint density at radius 3 is 1.62 bits per heavy atom. The third kappa shape index (κ3) is 11.5. The van der Waals surface area contributed by atoms with Crippen molar-refractivity contribution in [2.45, 2.75) is 13.8 Å². The van der Waals surface area contributed by atoms with Crippen LogP contribution >= 0.6 is 11.6 Å². The van der Waals surface area contributed by atoms with Gasteiger partial charge in [-0.15, -0.1) is 0 Å². The van der Waals surface area contributed by atoms with Crippen LogP contribution in [0.1, 0.15) is 13.8 Å². The standard InChI is InChI=1S/C16H14ClFN2O5.C16H16FN3O5/c1-9(21)20-12-7-14(10(17)6-11(12)18)25-13-4-3-5-19-16(13)24-8-15(22)23-2;1-9(21)20-12-7-14(11(18)6-10(12)17)25-13-4-3-5-19-16(13)24-8-15(22)23-2/h3-7H,8H2,1-2H3,(H,20,21);3-7H,8,18H2,1-2H3,(H,20,21). The first kappa shape index (κ1) is 38.2. The largest absolute Gasteiger partial charge is 0.466 e. The number of nitrogens with two attached hydrogens (primary N) is 1. The average Bonchev–Trinajstić information content (AvgIpc) is 3.07. The summed E-state index contributed by atoms with van der Waals surface area (Å²) in [5.41, 5.74) is 5.58. The number of hydrogen-bond donors (Lipinski definition) is 3. The molecule has 0 aliphatic rings. The third-order valence-corrected chi connectivity index (χ3v) is 6.06. The molecule has 50 heavy (non-hydrogen) atoms. The van der Waals surface area contributed by atoms with Crippen LogP contribution in [0.15, 0.2) is 60.9 Å². The van der Waals surface area contributed by atoms with Crippen molar-refractivity contribution in [2.75, 3.05) is 43.8 Å². The monoisotopic (exact) mass is 717 g/mol. The van der Waals surface area contributed by atoms with Gasteiger partial charge in [0, 0.05) is 44.4 Å². The highest BCUT2D eigenvalue weighted by atomic mass is 35.5. The lowest BCUT2D eigenvalue weighted by Gasteiger charge is -2.14. The van der Waals surface area contributed by atoms with Gasteiger partial charge in [0.05, 0.1) is 36.3 Å². The van der Waals surface area contributed by atoms with Crippen molar-refractivity contribution in [3.8, 4) is 34.8 Å². The summed E-state index contributed by atoms with van der Waals surface area (Å²) in [7, 11) is 2.45. The van der Waals surface area contributed by atoms with Crippen molar-refractivity contribution in [2.24, 2.45) is 0 Å². The maximum absolute atomic E-state index is 13.8. The summed E-state index contributed by atoms with van der Waals surface area (Å²) in [5, 5.41) is 4.64. The van der Waals surface area contributed by atoms with E-state index in [0.29, 0.717) is 0 Å². The molecule has 0 aliphatic heterocycles. The van der Waals surface area contributed by atoms with Gasteiger partial charge in [0.15, 0.2) is 30.5 Å². The van der Waals surface area contributed by atoms with E-state index in [1.54, 1.807) is 12.1 Å². The first-order chi connectivity index (χ1) is 23.8. The molecule has 0 radical (unpaired) electrons. The SMILES string of the molecule is COC(=O)COc1ncccc1Oc1cc(NC(C)=O)c(F)cc1Cl.COC(=O)COc1ncccc1Oc1cc(NC(C)=O)c(F)cc1N. The molecule has 18 heteroatoms. The lowest BCUT2D eigenvalue weighted by molar-refractivity contribution is -0.143. The number of carbonyl (C=O) groups is 4. The molecule has 4 rings (SSSR count). The summed E-state index contributed by atoms with van der Waals surface area (Å²) < 4.78 is 58.2. The number of methoxy groups -OCH3 is 2. The Hall–Kier alpha value is -6.23.